The molecule has 5 nitrogen and oxygen atoms in total. The molecule has 0 bridgehead atoms. The fraction of sp³-hybridized carbons (Fsp3) is 0.231. The van der Waals surface area contributed by atoms with E-state index in [0.717, 1.165) is 0 Å². The highest BCUT2D eigenvalue weighted by Gasteiger charge is 2.17. The van der Waals surface area contributed by atoms with Crippen molar-refractivity contribution in [1.82, 2.24) is 5.32 Å². The average Bonchev–Trinajstić information content (AvgIpc) is 2.36. The summed E-state index contributed by atoms with van der Waals surface area (Å²) in [5.41, 5.74) is 0.299. The number of carboxylic acids is 1. The number of para-hydroxylation sites is 1. The molecule has 0 heterocycles. The van der Waals surface area contributed by atoms with E-state index in [-0.39, 0.29) is 6.61 Å². The van der Waals surface area contributed by atoms with Crippen LogP contribution in [0.25, 0.3) is 0 Å². The molecule has 0 aromatic heterocycles. The fourth-order valence-electron chi connectivity index (χ4n) is 1.26. The van der Waals surface area contributed by atoms with Crippen LogP contribution in [0.5, 0.6) is 5.75 Å². The van der Waals surface area contributed by atoms with Gasteiger partial charge in [-0.3, -0.25) is 9.59 Å². The number of rotatable bonds is 6. The fourth-order valence-corrected chi connectivity index (χ4v) is 1.26. The van der Waals surface area contributed by atoms with E-state index in [1.54, 1.807) is 30.3 Å². The van der Waals surface area contributed by atoms with Gasteiger partial charge in [0, 0.05) is 0 Å². The van der Waals surface area contributed by atoms with E-state index < -0.39 is 17.9 Å². The number of amides is 1. The zero-order chi connectivity index (χ0) is 13.5. The molecule has 1 atom stereocenters. The number of carbonyl (C=O) groups is 2. The standard InChI is InChI=1S/C13H15NO4/c1-3-8-18-11-7-5-4-6-10(11)12(15)14-9(2)13(16)17/h3-7,9H,1,8H2,2H3,(H,14,15)(H,16,17)/t9-/m0/s1. The number of hydrogen-bond acceptors (Lipinski definition) is 3. The number of carbonyl (C=O) groups excluding carboxylic acids is 1. The van der Waals surface area contributed by atoms with E-state index in [0.29, 0.717) is 11.3 Å². The van der Waals surface area contributed by atoms with E-state index in [2.05, 4.69) is 11.9 Å². The highest BCUT2D eigenvalue weighted by Crippen LogP contribution is 2.17. The van der Waals surface area contributed by atoms with Crippen LogP contribution < -0.4 is 10.1 Å². The zero-order valence-electron chi connectivity index (χ0n) is 10.1. The predicted molar refractivity (Wildman–Crippen MR) is 66.7 cm³/mol. The minimum atomic E-state index is -1.09. The lowest BCUT2D eigenvalue weighted by atomic mass is 10.1. The van der Waals surface area contributed by atoms with Crippen LogP contribution in [0.2, 0.25) is 0 Å². The van der Waals surface area contributed by atoms with Gasteiger partial charge in [-0.2, -0.15) is 0 Å². The Bertz CT molecular complexity index is 456. The first kappa shape index (κ1) is 13.8. The molecule has 0 radical (unpaired) electrons. The monoisotopic (exact) mass is 249 g/mol. The Morgan fingerprint density at radius 3 is 2.78 bits per heavy atom. The summed E-state index contributed by atoms with van der Waals surface area (Å²) in [5, 5.41) is 11.1. The van der Waals surface area contributed by atoms with Crippen molar-refractivity contribution in [3.63, 3.8) is 0 Å². The summed E-state index contributed by atoms with van der Waals surface area (Å²) in [7, 11) is 0. The molecule has 96 valence electrons. The Hall–Kier alpha value is -2.30. The second-order valence-corrected chi connectivity index (χ2v) is 3.63. The third-order valence-electron chi connectivity index (χ3n) is 2.21. The maximum atomic E-state index is 11.9. The second-order valence-electron chi connectivity index (χ2n) is 3.63. The third-order valence-corrected chi connectivity index (χ3v) is 2.21. The smallest absolute Gasteiger partial charge is 0.325 e. The van der Waals surface area contributed by atoms with Gasteiger partial charge in [0.15, 0.2) is 0 Å². The summed E-state index contributed by atoms with van der Waals surface area (Å²) in [5.74, 6) is -1.18. The molecule has 0 fully saturated rings. The SMILES string of the molecule is C=CCOc1ccccc1C(=O)N[C@@H](C)C(=O)O. The number of ether oxygens (including phenoxy) is 1. The molecule has 0 spiro atoms. The number of aliphatic carboxylic acids is 1. The quantitative estimate of drug-likeness (QED) is 0.748. The lowest BCUT2D eigenvalue weighted by Crippen LogP contribution is -2.38. The summed E-state index contributed by atoms with van der Waals surface area (Å²) < 4.78 is 5.32. The maximum Gasteiger partial charge on any atom is 0.325 e. The Morgan fingerprint density at radius 1 is 1.50 bits per heavy atom. The van der Waals surface area contributed by atoms with Crippen LogP contribution in [-0.4, -0.2) is 29.6 Å². The molecule has 5 heteroatoms. The molecule has 0 aliphatic heterocycles. The summed E-state index contributed by atoms with van der Waals surface area (Å²) in [6.45, 7) is 5.19. The van der Waals surface area contributed by atoms with Crippen molar-refractivity contribution in [3.05, 3.63) is 42.5 Å². The van der Waals surface area contributed by atoms with Gasteiger partial charge in [-0.1, -0.05) is 24.8 Å². The number of nitrogens with one attached hydrogen (secondary N) is 1. The van der Waals surface area contributed by atoms with E-state index in [4.69, 9.17) is 9.84 Å². The molecule has 0 aliphatic carbocycles. The van der Waals surface area contributed by atoms with Crippen molar-refractivity contribution in [2.45, 2.75) is 13.0 Å². The second kappa shape index (κ2) is 6.44. The van der Waals surface area contributed by atoms with Crippen molar-refractivity contribution in [3.8, 4) is 5.75 Å². The summed E-state index contributed by atoms with van der Waals surface area (Å²) >= 11 is 0. The maximum absolute atomic E-state index is 11.9. The Labute approximate surface area is 105 Å². The van der Waals surface area contributed by atoms with Crippen LogP contribution in [0.15, 0.2) is 36.9 Å². The highest BCUT2D eigenvalue weighted by atomic mass is 16.5. The van der Waals surface area contributed by atoms with Crippen LogP contribution >= 0.6 is 0 Å². The van der Waals surface area contributed by atoms with Gasteiger partial charge in [0.2, 0.25) is 0 Å². The van der Waals surface area contributed by atoms with Crippen molar-refractivity contribution < 1.29 is 19.4 Å². The Kier molecular flexibility index (Phi) is 4.92. The molecule has 0 saturated heterocycles. The van der Waals surface area contributed by atoms with Crippen LogP contribution in [0.1, 0.15) is 17.3 Å². The zero-order valence-corrected chi connectivity index (χ0v) is 10.1. The van der Waals surface area contributed by atoms with E-state index in [9.17, 15) is 9.59 Å². The summed E-state index contributed by atoms with van der Waals surface area (Å²) in [4.78, 5) is 22.5. The first-order valence-corrected chi connectivity index (χ1v) is 5.42. The molecule has 0 aliphatic rings. The molecular weight excluding hydrogens is 234 g/mol. The van der Waals surface area contributed by atoms with E-state index >= 15 is 0 Å². The van der Waals surface area contributed by atoms with Crippen molar-refractivity contribution in [2.24, 2.45) is 0 Å². The molecule has 0 unspecified atom stereocenters. The number of carboxylic acid groups (broad SMARTS) is 1. The lowest BCUT2D eigenvalue weighted by molar-refractivity contribution is -0.138. The van der Waals surface area contributed by atoms with Gasteiger partial charge in [0.25, 0.3) is 5.91 Å². The van der Waals surface area contributed by atoms with Gasteiger partial charge in [-0.15, -0.1) is 0 Å². The summed E-state index contributed by atoms with van der Waals surface area (Å²) in [6, 6.07) is 5.67. The Morgan fingerprint density at radius 2 is 2.17 bits per heavy atom. The van der Waals surface area contributed by atoms with Gasteiger partial charge < -0.3 is 15.2 Å². The largest absolute Gasteiger partial charge is 0.489 e. The van der Waals surface area contributed by atoms with Gasteiger partial charge in [0.1, 0.15) is 18.4 Å². The number of benzene rings is 1. The Balaban J connectivity index is 2.84. The van der Waals surface area contributed by atoms with Crippen LogP contribution in [0.3, 0.4) is 0 Å². The molecular formula is C13H15NO4. The van der Waals surface area contributed by atoms with E-state index in [1.165, 1.54) is 6.92 Å². The molecule has 1 aromatic carbocycles. The average molecular weight is 249 g/mol. The molecule has 0 saturated carbocycles. The first-order chi connectivity index (χ1) is 8.56. The van der Waals surface area contributed by atoms with Crippen molar-refractivity contribution in [2.75, 3.05) is 6.61 Å². The molecule has 1 amide bonds. The normalized spacial score (nSPS) is 11.4. The molecule has 18 heavy (non-hydrogen) atoms. The minimum Gasteiger partial charge on any atom is -0.489 e. The topological polar surface area (TPSA) is 75.6 Å². The predicted octanol–water partition coefficient (Wildman–Crippen LogP) is 1.45. The number of hydrogen-bond donors (Lipinski definition) is 2. The lowest BCUT2D eigenvalue weighted by Gasteiger charge is -2.12. The van der Waals surface area contributed by atoms with Crippen molar-refractivity contribution >= 4 is 11.9 Å². The molecule has 1 aromatic rings. The van der Waals surface area contributed by atoms with Gasteiger partial charge in [-0.25, -0.2) is 0 Å². The van der Waals surface area contributed by atoms with Crippen molar-refractivity contribution in [1.29, 1.82) is 0 Å². The first-order valence-electron chi connectivity index (χ1n) is 5.42. The molecule has 1 rings (SSSR count). The van der Waals surface area contributed by atoms with Gasteiger partial charge >= 0.3 is 5.97 Å². The van der Waals surface area contributed by atoms with Gasteiger partial charge in [0.05, 0.1) is 5.56 Å². The van der Waals surface area contributed by atoms with Crippen LogP contribution in [0, 0.1) is 0 Å². The molecule has 2 N–H and O–H groups in total. The minimum absolute atomic E-state index is 0.277. The van der Waals surface area contributed by atoms with Crippen LogP contribution in [-0.2, 0) is 4.79 Å². The van der Waals surface area contributed by atoms with Crippen LogP contribution in [0.4, 0.5) is 0 Å². The summed E-state index contributed by atoms with van der Waals surface area (Å²) in [6.07, 6.45) is 1.56. The third kappa shape index (κ3) is 3.62. The van der Waals surface area contributed by atoms with E-state index in [1.807, 2.05) is 0 Å². The highest BCUT2D eigenvalue weighted by molar-refractivity contribution is 5.98. The van der Waals surface area contributed by atoms with Gasteiger partial charge in [-0.05, 0) is 19.1 Å².